The fourth-order valence-electron chi connectivity index (χ4n) is 2.40. The van der Waals surface area contributed by atoms with E-state index in [1.807, 2.05) is 37.3 Å². The molecule has 100 valence electrons. The summed E-state index contributed by atoms with van der Waals surface area (Å²) in [6.07, 6.45) is 0.803. The van der Waals surface area contributed by atoms with E-state index in [1.54, 1.807) is 18.3 Å². The van der Waals surface area contributed by atoms with Gasteiger partial charge in [0, 0.05) is 22.8 Å². The van der Waals surface area contributed by atoms with Crippen LogP contribution in [0, 0.1) is 6.92 Å². The lowest BCUT2D eigenvalue weighted by Crippen LogP contribution is -2.06. The SMILES string of the molecule is Cc1cc(C(O)c2cccnc2N)c2ccccc2n1. The van der Waals surface area contributed by atoms with Gasteiger partial charge in [-0.15, -0.1) is 0 Å². The van der Waals surface area contributed by atoms with Crippen LogP contribution in [0.1, 0.15) is 22.9 Å². The van der Waals surface area contributed by atoms with Gasteiger partial charge in [-0.3, -0.25) is 4.98 Å². The number of aromatic nitrogens is 2. The van der Waals surface area contributed by atoms with E-state index in [1.165, 1.54) is 0 Å². The Morgan fingerprint density at radius 2 is 1.90 bits per heavy atom. The second-order valence-corrected chi connectivity index (χ2v) is 4.75. The minimum Gasteiger partial charge on any atom is -0.383 e. The van der Waals surface area contributed by atoms with Gasteiger partial charge in [0.2, 0.25) is 0 Å². The van der Waals surface area contributed by atoms with Gasteiger partial charge >= 0.3 is 0 Å². The lowest BCUT2D eigenvalue weighted by atomic mass is 9.98. The van der Waals surface area contributed by atoms with Gasteiger partial charge in [-0.25, -0.2) is 4.98 Å². The van der Waals surface area contributed by atoms with Crippen LogP contribution in [-0.4, -0.2) is 15.1 Å². The summed E-state index contributed by atoms with van der Waals surface area (Å²) in [5.74, 6) is 0.346. The molecule has 0 radical (unpaired) electrons. The van der Waals surface area contributed by atoms with E-state index in [4.69, 9.17) is 5.73 Å². The van der Waals surface area contributed by atoms with Crippen LogP contribution < -0.4 is 5.73 Å². The summed E-state index contributed by atoms with van der Waals surface area (Å²) in [6.45, 7) is 1.91. The first-order valence-electron chi connectivity index (χ1n) is 6.41. The van der Waals surface area contributed by atoms with Gasteiger partial charge in [-0.1, -0.05) is 24.3 Å². The Hall–Kier alpha value is -2.46. The number of aliphatic hydroxyl groups is 1. The first-order chi connectivity index (χ1) is 9.66. The third kappa shape index (κ3) is 2.10. The van der Waals surface area contributed by atoms with Crippen LogP contribution in [0.15, 0.2) is 48.7 Å². The van der Waals surface area contributed by atoms with Crippen molar-refractivity contribution in [3.63, 3.8) is 0 Å². The summed E-state index contributed by atoms with van der Waals surface area (Å²) in [7, 11) is 0. The molecule has 3 N–H and O–H groups in total. The van der Waals surface area contributed by atoms with Crippen LogP contribution in [0.4, 0.5) is 5.82 Å². The number of nitrogens with two attached hydrogens (primary N) is 1. The van der Waals surface area contributed by atoms with Gasteiger partial charge in [-0.2, -0.15) is 0 Å². The highest BCUT2D eigenvalue weighted by atomic mass is 16.3. The number of para-hydroxylation sites is 1. The molecule has 3 rings (SSSR count). The lowest BCUT2D eigenvalue weighted by Gasteiger charge is -2.16. The minimum absolute atomic E-state index is 0.346. The van der Waals surface area contributed by atoms with Crippen LogP contribution in [-0.2, 0) is 0 Å². The fourth-order valence-corrected chi connectivity index (χ4v) is 2.40. The number of pyridine rings is 2. The molecule has 0 spiro atoms. The first kappa shape index (κ1) is 12.6. The van der Waals surface area contributed by atoms with E-state index in [9.17, 15) is 5.11 Å². The minimum atomic E-state index is -0.810. The number of nitrogens with zero attached hydrogens (tertiary/aromatic N) is 2. The van der Waals surface area contributed by atoms with Crippen LogP contribution in [0.5, 0.6) is 0 Å². The molecule has 0 saturated carbocycles. The van der Waals surface area contributed by atoms with Crippen molar-refractivity contribution in [1.29, 1.82) is 0 Å². The predicted octanol–water partition coefficient (Wildman–Crippen LogP) is 2.60. The molecule has 20 heavy (non-hydrogen) atoms. The zero-order valence-corrected chi connectivity index (χ0v) is 11.1. The molecule has 4 nitrogen and oxygen atoms in total. The van der Waals surface area contributed by atoms with Gasteiger partial charge in [0.05, 0.1) is 5.52 Å². The van der Waals surface area contributed by atoms with E-state index in [0.29, 0.717) is 11.4 Å². The molecule has 2 heterocycles. The molecule has 4 heteroatoms. The molecule has 3 aromatic rings. The van der Waals surface area contributed by atoms with Gasteiger partial charge in [0.15, 0.2) is 0 Å². The van der Waals surface area contributed by atoms with E-state index in [0.717, 1.165) is 22.2 Å². The Morgan fingerprint density at radius 3 is 2.70 bits per heavy atom. The average molecular weight is 265 g/mol. The molecular formula is C16H15N3O. The third-order valence-electron chi connectivity index (χ3n) is 3.34. The molecule has 0 aliphatic carbocycles. The zero-order valence-electron chi connectivity index (χ0n) is 11.1. The molecule has 1 unspecified atom stereocenters. The van der Waals surface area contributed by atoms with E-state index < -0.39 is 6.10 Å². The third-order valence-corrected chi connectivity index (χ3v) is 3.34. The largest absolute Gasteiger partial charge is 0.383 e. The molecule has 1 atom stereocenters. The summed E-state index contributed by atoms with van der Waals surface area (Å²) in [6, 6.07) is 13.2. The van der Waals surface area contributed by atoms with Gasteiger partial charge in [-0.05, 0) is 30.7 Å². The number of rotatable bonds is 2. The summed E-state index contributed by atoms with van der Waals surface area (Å²) < 4.78 is 0. The van der Waals surface area contributed by atoms with Crippen LogP contribution in [0.25, 0.3) is 10.9 Å². The maximum Gasteiger partial charge on any atom is 0.129 e. The number of aryl methyl sites for hydroxylation is 1. The Kier molecular flexibility index (Phi) is 3.08. The second-order valence-electron chi connectivity index (χ2n) is 4.75. The van der Waals surface area contributed by atoms with Crippen molar-refractivity contribution < 1.29 is 5.11 Å². The number of hydrogen-bond acceptors (Lipinski definition) is 4. The lowest BCUT2D eigenvalue weighted by molar-refractivity contribution is 0.222. The first-order valence-corrected chi connectivity index (χ1v) is 6.41. The molecule has 0 fully saturated rings. The van der Waals surface area contributed by atoms with E-state index >= 15 is 0 Å². The molecule has 0 amide bonds. The molecule has 0 saturated heterocycles. The van der Waals surface area contributed by atoms with E-state index in [2.05, 4.69) is 9.97 Å². The summed E-state index contributed by atoms with van der Waals surface area (Å²) >= 11 is 0. The number of nitrogen functional groups attached to an aromatic ring is 1. The van der Waals surface area contributed by atoms with Crippen molar-refractivity contribution in [3.05, 3.63) is 65.5 Å². The van der Waals surface area contributed by atoms with Crippen molar-refractivity contribution in [2.24, 2.45) is 0 Å². The Morgan fingerprint density at radius 1 is 1.10 bits per heavy atom. The molecule has 0 aliphatic heterocycles. The average Bonchev–Trinajstić information content (AvgIpc) is 2.46. The van der Waals surface area contributed by atoms with Crippen molar-refractivity contribution in [2.75, 3.05) is 5.73 Å². The standard InChI is InChI=1S/C16H15N3O/c1-10-9-13(11-5-2-3-7-14(11)19-10)15(20)12-6-4-8-18-16(12)17/h2-9,15,20H,1H3,(H2,17,18). The van der Waals surface area contributed by atoms with Gasteiger partial charge < -0.3 is 10.8 Å². The number of aliphatic hydroxyl groups excluding tert-OH is 1. The number of hydrogen-bond donors (Lipinski definition) is 2. The Balaban J connectivity index is 2.21. The molecule has 2 aromatic heterocycles. The monoisotopic (exact) mass is 265 g/mol. The van der Waals surface area contributed by atoms with Gasteiger partial charge in [0.1, 0.15) is 11.9 Å². The van der Waals surface area contributed by atoms with Crippen molar-refractivity contribution in [2.45, 2.75) is 13.0 Å². The Bertz CT molecular complexity index is 771. The van der Waals surface area contributed by atoms with Crippen LogP contribution in [0.3, 0.4) is 0 Å². The van der Waals surface area contributed by atoms with Crippen molar-refractivity contribution in [3.8, 4) is 0 Å². The topological polar surface area (TPSA) is 72.0 Å². The normalized spacial score (nSPS) is 12.5. The van der Waals surface area contributed by atoms with Crippen LogP contribution in [0.2, 0.25) is 0 Å². The highest BCUT2D eigenvalue weighted by molar-refractivity contribution is 5.83. The summed E-state index contributed by atoms with van der Waals surface area (Å²) in [4.78, 5) is 8.51. The predicted molar refractivity (Wildman–Crippen MR) is 79.2 cm³/mol. The zero-order chi connectivity index (χ0) is 14.1. The second kappa shape index (κ2) is 4.90. The molecule has 1 aromatic carbocycles. The Labute approximate surface area is 116 Å². The molecular weight excluding hydrogens is 250 g/mol. The van der Waals surface area contributed by atoms with Crippen molar-refractivity contribution >= 4 is 16.7 Å². The maximum atomic E-state index is 10.6. The summed E-state index contributed by atoms with van der Waals surface area (Å²) in [5, 5.41) is 11.6. The molecule has 0 bridgehead atoms. The smallest absolute Gasteiger partial charge is 0.129 e. The van der Waals surface area contributed by atoms with Gasteiger partial charge in [0.25, 0.3) is 0 Å². The van der Waals surface area contributed by atoms with Crippen LogP contribution >= 0.6 is 0 Å². The fraction of sp³-hybridized carbons (Fsp3) is 0.125. The number of anilines is 1. The number of fused-ring (bicyclic) bond motifs is 1. The van der Waals surface area contributed by atoms with E-state index in [-0.39, 0.29) is 0 Å². The highest BCUT2D eigenvalue weighted by Crippen LogP contribution is 2.30. The maximum absolute atomic E-state index is 10.6. The van der Waals surface area contributed by atoms with Crippen molar-refractivity contribution in [1.82, 2.24) is 9.97 Å². The number of benzene rings is 1. The summed E-state index contributed by atoms with van der Waals surface area (Å²) in [5.41, 5.74) is 8.99. The molecule has 0 aliphatic rings. The quantitative estimate of drug-likeness (QED) is 0.747. The highest BCUT2D eigenvalue weighted by Gasteiger charge is 2.17.